The molecule has 2 heteroatoms. The highest BCUT2D eigenvalue weighted by Crippen LogP contribution is 2.27. The molecule has 0 spiro atoms. The SMILES string of the molecule is CCCC1OC1C(=O)CC. The molecule has 1 rings (SSSR count). The summed E-state index contributed by atoms with van der Waals surface area (Å²) < 4.78 is 5.16. The van der Waals surface area contributed by atoms with Crippen molar-refractivity contribution in [2.75, 3.05) is 0 Å². The van der Waals surface area contributed by atoms with E-state index in [-0.39, 0.29) is 18.0 Å². The third-order valence-corrected chi connectivity index (χ3v) is 1.82. The Morgan fingerprint density at radius 3 is 2.70 bits per heavy atom. The zero-order valence-electron chi connectivity index (χ0n) is 6.59. The minimum atomic E-state index is -0.0371. The first kappa shape index (κ1) is 7.73. The number of Topliss-reactive ketones (excluding diaryl/α,β-unsaturated/α-hetero) is 1. The van der Waals surface area contributed by atoms with Gasteiger partial charge in [0.05, 0.1) is 6.10 Å². The van der Waals surface area contributed by atoms with Crippen molar-refractivity contribution in [2.45, 2.75) is 45.3 Å². The first-order chi connectivity index (χ1) is 4.79. The van der Waals surface area contributed by atoms with Gasteiger partial charge < -0.3 is 4.74 Å². The van der Waals surface area contributed by atoms with Crippen molar-refractivity contribution in [1.29, 1.82) is 0 Å². The van der Waals surface area contributed by atoms with Crippen LogP contribution in [0.25, 0.3) is 0 Å². The molecule has 0 saturated carbocycles. The minimum absolute atomic E-state index is 0.0371. The quantitative estimate of drug-likeness (QED) is 0.557. The Morgan fingerprint density at radius 1 is 1.50 bits per heavy atom. The van der Waals surface area contributed by atoms with Gasteiger partial charge in [0, 0.05) is 6.42 Å². The van der Waals surface area contributed by atoms with Crippen LogP contribution in [0.15, 0.2) is 0 Å². The second kappa shape index (κ2) is 3.15. The molecule has 0 aliphatic carbocycles. The van der Waals surface area contributed by atoms with E-state index in [0.29, 0.717) is 6.42 Å². The van der Waals surface area contributed by atoms with E-state index in [9.17, 15) is 4.79 Å². The molecule has 1 saturated heterocycles. The smallest absolute Gasteiger partial charge is 0.163 e. The van der Waals surface area contributed by atoms with Gasteiger partial charge in [-0.05, 0) is 6.42 Å². The molecule has 1 aliphatic heterocycles. The number of hydrogen-bond acceptors (Lipinski definition) is 2. The van der Waals surface area contributed by atoms with Crippen molar-refractivity contribution >= 4 is 5.78 Å². The van der Waals surface area contributed by atoms with Crippen LogP contribution < -0.4 is 0 Å². The van der Waals surface area contributed by atoms with Crippen LogP contribution in [-0.2, 0) is 9.53 Å². The highest BCUT2D eigenvalue weighted by atomic mass is 16.6. The van der Waals surface area contributed by atoms with Crippen molar-refractivity contribution in [2.24, 2.45) is 0 Å². The third-order valence-electron chi connectivity index (χ3n) is 1.82. The van der Waals surface area contributed by atoms with Crippen LogP contribution in [-0.4, -0.2) is 18.0 Å². The first-order valence-corrected chi connectivity index (χ1v) is 3.97. The largest absolute Gasteiger partial charge is 0.361 e. The van der Waals surface area contributed by atoms with E-state index in [1.165, 1.54) is 0 Å². The first-order valence-electron chi connectivity index (χ1n) is 3.97. The van der Waals surface area contributed by atoms with Crippen LogP contribution in [0.3, 0.4) is 0 Å². The molecule has 10 heavy (non-hydrogen) atoms. The average molecular weight is 142 g/mol. The Balaban J connectivity index is 2.18. The lowest BCUT2D eigenvalue weighted by Gasteiger charge is -1.87. The minimum Gasteiger partial charge on any atom is -0.361 e. The molecule has 0 aromatic heterocycles. The predicted octanol–water partition coefficient (Wildman–Crippen LogP) is 1.53. The van der Waals surface area contributed by atoms with Crippen molar-refractivity contribution in [3.05, 3.63) is 0 Å². The van der Waals surface area contributed by atoms with Crippen LogP contribution in [0.2, 0.25) is 0 Å². The van der Waals surface area contributed by atoms with Crippen LogP contribution >= 0.6 is 0 Å². The summed E-state index contributed by atoms with van der Waals surface area (Å²) in [5, 5.41) is 0. The monoisotopic (exact) mass is 142 g/mol. The second-order valence-corrected chi connectivity index (χ2v) is 2.70. The van der Waals surface area contributed by atoms with Gasteiger partial charge in [0.1, 0.15) is 6.10 Å². The number of carbonyl (C=O) groups excluding carboxylic acids is 1. The van der Waals surface area contributed by atoms with E-state index in [4.69, 9.17) is 4.74 Å². The van der Waals surface area contributed by atoms with Gasteiger partial charge in [-0.2, -0.15) is 0 Å². The molecule has 0 N–H and O–H groups in total. The molecular formula is C8H14O2. The molecule has 2 nitrogen and oxygen atoms in total. The predicted molar refractivity (Wildman–Crippen MR) is 38.9 cm³/mol. The maximum atomic E-state index is 10.9. The topological polar surface area (TPSA) is 29.6 Å². The zero-order chi connectivity index (χ0) is 7.56. The fourth-order valence-electron chi connectivity index (χ4n) is 1.13. The lowest BCUT2D eigenvalue weighted by Crippen LogP contribution is -2.07. The molecule has 0 radical (unpaired) electrons. The summed E-state index contributed by atoms with van der Waals surface area (Å²) >= 11 is 0. The molecule has 0 bridgehead atoms. The summed E-state index contributed by atoms with van der Waals surface area (Å²) in [6, 6.07) is 0. The van der Waals surface area contributed by atoms with E-state index in [1.54, 1.807) is 0 Å². The van der Waals surface area contributed by atoms with Gasteiger partial charge in [-0.25, -0.2) is 0 Å². The van der Waals surface area contributed by atoms with Gasteiger partial charge in [0.2, 0.25) is 0 Å². The summed E-state index contributed by atoms with van der Waals surface area (Å²) in [7, 11) is 0. The fourth-order valence-corrected chi connectivity index (χ4v) is 1.13. The summed E-state index contributed by atoms with van der Waals surface area (Å²) in [6.07, 6.45) is 2.99. The molecule has 1 heterocycles. The van der Waals surface area contributed by atoms with Gasteiger partial charge in [-0.1, -0.05) is 20.3 Å². The van der Waals surface area contributed by atoms with E-state index in [1.807, 2.05) is 6.92 Å². The summed E-state index contributed by atoms with van der Waals surface area (Å²) in [4.78, 5) is 10.9. The van der Waals surface area contributed by atoms with Gasteiger partial charge >= 0.3 is 0 Å². The number of epoxide rings is 1. The average Bonchev–Trinajstić information content (AvgIpc) is 2.67. The lowest BCUT2D eigenvalue weighted by molar-refractivity contribution is -0.119. The Hall–Kier alpha value is -0.370. The van der Waals surface area contributed by atoms with E-state index in [2.05, 4.69) is 6.92 Å². The molecule has 58 valence electrons. The Kier molecular flexibility index (Phi) is 2.44. The summed E-state index contributed by atoms with van der Waals surface area (Å²) in [5.41, 5.74) is 0. The second-order valence-electron chi connectivity index (χ2n) is 2.70. The number of ketones is 1. The summed E-state index contributed by atoms with van der Waals surface area (Å²) in [5.74, 6) is 0.262. The molecule has 2 atom stereocenters. The fraction of sp³-hybridized carbons (Fsp3) is 0.875. The number of hydrogen-bond donors (Lipinski definition) is 0. The van der Waals surface area contributed by atoms with Gasteiger partial charge in [-0.15, -0.1) is 0 Å². The van der Waals surface area contributed by atoms with Gasteiger partial charge in [0.25, 0.3) is 0 Å². The van der Waals surface area contributed by atoms with Crippen molar-refractivity contribution in [3.8, 4) is 0 Å². The van der Waals surface area contributed by atoms with Crippen LogP contribution in [0.1, 0.15) is 33.1 Å². The van der Waals surface area contributed by atoms with Crippen molar-refractivity contribution in [3.63, 3.8) is 0 Å². The van der Waals surface area contributed by atoms with Crippen LogP contribution in [0.5, 0.6) is 0 Å². The van der Waals surface area contributed by atoms with E-state index in [0.717, 1.165) is 12.8 Å². The molecule has 0 aromatic carbocycles. The van der Waals surface area contributed by atoms with Crippen LogP contribution in [0, 0.1) is 0 Å². The number of ether oxygens (including phenoxy) is 1. The normalized spacial score (nSPS) is 30.2. The lowest BCUT2D eigenvalue weighted by atomic mass is 10.1. The van der Waals surface area contributed by atoms with E-state index >= 15 is 0 Å². The summed E-state index contributed by atoms with van der Waals surface area (Å²) in [6.45, 7) is 3.99. The molecule has 1 fully saturated rings. The van der Waals surface area contributed by atoms with Crippen molar-refractivity contribution in [1.82, 2.24) is 0 Å². The highest BCUT2D eigenvalue weighted by molar-refractivity contribution is 5.85. The molecule has 2 unspecified atom stereocenters. The maximum absolute atomic E-state index is 10.9. The highest BCUT2D eigenvalue weighted by Gasteiger charge is 2.42. The Morgan fingerprint density at radius 2 is 2.20 bits per heavy atom. The van der Waals surface area contributed by atoms with E-state index < -0.39 is 0 Å². The van der Waals surface area contributed by atoms with Crippen LogP contribution in [0.4, 0.5) is 0 Å². The standard InChI is InChI=1S/C8H14O2/c1-3-5-7-8(10-7)6(9)4-2/h7-8H,3-5H2,1-2H3. The molecule has 0 aromatic rings. The van der Waals surface area contributed by atoms with Gasteiger partial charge in [-0.3, -0.25) is 4.79 Å². The molecule has 1 aliphatic rings. The third kappa shape index (κ3) is 1.57. The number of carbonyl (C=O) groups is 1. The zero-order valence-corrected chi connectivity index (χ0v) is 6.59. The van der Waals surface area contributed by atoms with Crippen molar-refractivity contribution < 1.29 is 9.53 Å². The molecular weight excluding hydrogens is 128 g/mol. The Bertz CT molecular complexity index is 131. The number of rotatable bonds is 4. The Labute approximate surface area is 61.6 Å². The molecule has 0 amide bonds. The van der Waals surface area contributed by atoms with Gasteiger partial charge in [0.15, 0.2) is 5.78 Å². The maximum Gasteiger partial charge on any atom is 0.163 e.